The fourth-order valence-electron chi connectivity index (χ4n) is 3.48. The molecule has 0 unspecified atom stereocenters. The van der Waals surface area contributed by atoms with Crippen LogP contribution in [0, 0.1) is 0 Å². The third-order valence-electron chi connectivity index (χ3n) is 4.68. The van der Waals surface area contributed by atoms with Gasteiger partial charge in [0.05, 0.1) is 11.1 Å². The summed E-state index contributed by atoms with van der Waals surface area (Å²) in [6, 6.07) is 20.0. The first-order chi connectivity index (χ1) is 12.7. The van der Waals surface area contributed by atoms with Crippen molar-refractivity contribution in [3.63, 3.8) is 0 Å². The molecule has 0 fully saturated rings. The van der Waals surface area contributed by atoms with Crippen LogP contribution >= 0.6 is 15.9 Å². The molecule has 1 aromatic heterocycles. The summed E-state index contributed by atoms with van der Waals surface area (Å²) in [5, 5.41) is 5.34. The van der Waals surface area contributed by atoms with E-state index in [1.807, 2.05) is 42.5 Å². The molecular weight excluding hydrogens is 392 g/mol. The van der Waals surface area contributed by atoms with E-state index < -0.39 is 0 Å². The van der Waals surface area contributed by atoms with E-state index >= 15 is 0 Å². The van der Waals surface area contributed by atoms with E-state index in [1.54, 1.807) is 24.3 Å². The topological polar surface area (TPSA) is 52.0 Å². The normalized spacial score (nSPS) is 12.3. The number of carbonyl (C=O) groups is 2. The van der Waals surface area contributed by atoms with Crippen LogP contribution in [0.1, 0.15) is 26.3 Å². The zero-order valence-electron chi connectivity index (χ0n) is 13.4. The Kier molecular flexibility index (Phi) is 3.21. The molecule has 0 radical (unpaired) electrons. The number of fused-ring (bicyclic) bond motifs is 2. The van der Waals surface area contributed by atoms with Crippen molar-refractivity contribution in [2.75, 3.05) is 0 Å². The second-order valence-corrected chi connectivity index (χ2v) is 6.97. The average molecular weight is 403 g/mol. The van der Waals surface area contributed by atoms with Crippen LogP contribution in [0.4, 0.5) is 0 Å². The molecule has 0 aliphatic heterocycles. The lowest BCUT2D eigenvalue weighted by Crippen LogP contribution is -2.14. The summed E-state index contributed by atoms with van der Waals surface area (Å²) in [7, 11) is 0. The molecule has 1 aliphatic carbocycles. The van der Waals surface area contributed by atoms with Crippen molar-refractivity contribution in [3.8, 4) is 11.3 Å². The third-order valence-corrected chi connectivity index (χ3v) is 5.37. The number of carbonyl (C=O) groups excluding carboxylic acids is 2. The van der Waals surface area contributed by atoms with Crippen LogP contribution in [-0.4, -0.2) is 21.5 Å². The Morgan fingerprint density at radius 2 is 1.54 bits per heavy atom. The summed E-state index contributed by atoms with van der Waals surface area (Å²) in [6.45, 7) is 0. The summed E-state index contributed by atoms with van der Waals surface area (Å²) in [5.74, 6) is -0.274. The van der Waals surface area contributed by atoms with Gasteiger partial charge in [-0.3, -0.25) is 9.59 Å². The molecule has 5 heteroatoms. The summed E-state index contributed by atoms with van der Waals surface area (Å²) >= 11 is 3.43. The number of hydrogen-bond acceptors (Lipinski definition) is 3. The summed E-state index contributed by atoms with van der Waals surface area (Å²) < 4.78 is 2.10. The van der Waals surface area contributed by atoms with E-state index in [4.69, 9.17) is 0 Å². The number of nitrogens with zero attached hydrogens (tertiary/aromatic N) is 2. The van der Waals surface area contributed by atoms with Crippen LogP contribution < -0.4 is 0 Å². The van der Waals surface area contributed by atoms with Crippen LogP contribution in [-0.2, 0) is 0 Å². The Bertz CT molecular complexity index is 1240. The van der Waals surface area contributed by atoms with Crippen molar-refractivity contribution >= 4 is 38.5 Å². The van der Waals surface area contributed by atoms with Gasteiger partial charge >= 0.3 is 0 Å². The molecule has 0 amide bonds. The van der Waals surface area contributed by atoms with Gasteiger partial charge in [-0.15, -0.1) is 0 Å². The van der Waals surface area contributed by atoms with E-state index in [2.05, 4.69) is 21.0 Å². The molecule has 1 heterocycles. The van der Waals surface area contributed by atoms with Crippen molar-refractivity contribution in [2.24, 2.45) is 0 Å². The predicted molar refractivity (Wildman–Crippen MR) is 102 cm³/mol. The fraction of sp³-hybridized carbons (Fsp3) is 0. The van der Waals surface area contributed by atoms with Gasteiger partial charge in [-0.05, 0) is 34.1 Å². The minimum absolute atomic E-state index is 0.0356. The lowest BCUT2D eigenvalue weighted by molar-refractivity contribution is 0.0949. The SMILES string of the molecule is O=C1c2ccccc2-c2nn(C(=O)c3ccccc3Br)c3cccc1c23. The maximum atomic E-state index is 13.1. The van der Waals surface area contributed by atoms with E-state index in [-0.39, 0.29) is 11.7 Å². The van der Waals surface area contributed by atoms with Gasteiger partial charge in [0.25, 0.3) is 5.91 Å². The van der Waals surface area contributed by atoms with Crippen LogP contribution in [0.3, 0.4) is 0 Å². The maximum Gasteiger partial charge on any atom is 0.279 e. The molecule has 0 atom stereocenters. The number of rotatable bonds is 1. The number of aromatic nitrogens is 2. The fourth-order valence-corrected chi connectivity index (χ4v) is 3.94. The highest BCUT2D eigenvalue weighted by Gasteiger charge is 2.30. The molecule has 4 nitrogen and oxygen atoms in total. The number of halogens is 1. The lowest BCUT2D eigenvalue weighted by atomic mass is 9.87. The molecule has 3 aromatic carbocycles. The lowest BCUT2D eigenvalue weighted by Gasteiger charge is -2.13. The molecule has 0 N–H and O–H groups in total. The molecule has 5 rings (SSSR count). The predicted octanol–water partition coefficient (Wildman–Crippen LogP) is 4.70. The van der Waals surface area contributed by atoms with E-state index in [0.717, 1.165) is 10.9 Å². The summed E-state index contributed by atoms with van der Waals surface area (Å²) in [6.07, 6.45) is 0. The number of ketones is 1. The molecule has 0 spiro atoms. The van der Waals surface area contributed by atoms with Gasteiger partial charge in [-0.25, -0.2) is 0 Å². The Morgan fingerprint density at radius 1 is 0.846 bits per heavy atom. The smallest absolute Gasteiger partial charge is 0.279 e. The summed E-state index contributed by atoms with van der Waals surface area (Å²) in [4.78, 5) is 26.0. The van der Waals surface area contributed by atoms with Crippen LogP contribution in [0.5, 0.6) is 0 Å². The number of hydrogen-bond donors (Lipinski definition) is 0. The largest absolute Gasteiger partial charge is 0.289 e. The van der Waals surface area contributed by atoms with E-state index in [0.29, 0.717) is 32.4 Å². The summed E-state index contributed by atoms with van der Waals surface area (Å²) in [5.41, 5.74) is 3.80. The first-order valence-electron chi connectivity index (χ1n) is 8.12. The monoisotopic (exact) mass is 402 g/mol. The van der Waals surface area contributed by atoms with Crippen molar-refractivity contribution in [1.82, 2.24) is 9.78 Å². The highest BCUT2D eigenvalue weighted by molar-refractivity contribution is 9.10. The zero-order chi connectivity index (χ0) is 17.8. The van der Waals surface area contributed by atoms with E-state index in [9.17, 15) is 9.59 Å². The van der Waals surface area contributed by atoms with Gasteiger partial charge < -0.3 is 0 Å². The highest BCUT2D eigenvalue weighted by atomic mass is 79.9. The quantitative estimate of drug-likeness (QED) is 0.408. The Balaban J connectivity index is 1.84. The Hall–Kier alpha value is -3.05. The Labute approximate surface area is 157 Å². The number of benzene rings is 3. The van der Waals surface area contributed by atoms with Crippen LogP contribution in [0.2, 0.25) is 0 Å². The molecule has 4 aromatic rings. The average Bonchev–Trinajstić information content (AvgIpc) is 3.07. The molecule has 0 saturated carbocycles. The zero-order valence-corrected chi connectivity index (χ0v) is 15.0. The van der Waals surface area contributed by atoms with Gasteiger partial charge in [-0.1, -0.05) is 48.5 Å². The van der Waals surface area contributed by atoms with Crippen LogP contribution in [0.25, 0.3) is 22.2 Å². The van der Waals surface area contributed by atoms with Crippen molar-refractivity contribution in [1.29, 1.82) is 0 Å². The molecule has 124 valence electrons. The van der Waals surface area contributed by atoms with Gasteiger partial charge in [-0.2, -0.15) is 9.78 Å². The molecule has 0 bridgehead atoms. The standard InChI is InChI=1S/C21H11BrN2O2/c22-16-10-4-3-8-14(16)21(26)24-17-11-5-9-15-18(17)19(23-24)12-6-1-2-7-13(12)20(15)25/h1-11H. The van der Waals surface area contributed by atoms with E-state index in [1.165, 1.54) is 4.68 Å². The third kappa shape index (κ3) is 1.98. The minimum Gasteiger partial charge on any atom is -0.289 e. The van der Waals surface area contributed by atoms with Crippen molar-refractivity contribution in [3.05, 3.63) is 87.9 Å². The second kappa shape index (κ2) is 5.47. The van der Waals surface area contributed by atoms with Crippen molar-refractivity contribution < 1.29 is 9.59 Å². The first kappa shape index (κ1) is 15.2. The van der Waals surface area contributed by atoms with Gasteiger partial charge in [0.1, 0.15) is 5.69 Å². The van der Waals surface area contributed by atoms with Gasteiger partial charge in [0, 0.05) is 26.5 Å². The molecule has 1 aliphatic rings. The Morgan fingerprint density at radius 3 is 2.35 bits per heavy atom. The highest BCUT2D eigenvalue weighted by Crippen LogP contribution is 2.39. The maximum absolute atomic E-state index is 13.1. The van der Waals surface area contributed by atoms with Gasteiger partial charge in [0.2, 0.25) is 0 Å². The molecular formula is C21H11BrN2O2. The first-order valence-corrected chi connectivity index (χ1v) is 8.91. The van der Waals surface area contributed by atoms with Crippen molar-refractivity contribution in [2.45, 2.75) is 0 Å². The van der Waals surface area contributed by atoms with Crippen LogP contribution in [0.15, 0.2) is 71.2 Å². The minimum atomic E-state index is -0.238. The second-order valence-electron chi connectivity index (χ2n) is 6.12. The van der Waals surface area contributed by atoms with Gasteiger partial charge in [0.15, 0.2) is 5.78 Å². The molecule has 0 saturated heterocycles. The molecule has 26 heavy (non-hydrogen) atoms.